The second kappa shape index (κ2) is 10.7. The van der Waals surface area contributed by atoms with Gasteiger partial charge in [-0.25, -0.2) is 9.59 Å². The van der Waals surface area contributed by atoms with E-state index < -0.39 is 23.8 Å². The number of ether oxygens (including phenoxy) is 3. The van der Waals surface area contributed by atoms with Crippen LogP contribution in [0, 0.1) is 0 Å². The van der Waals surface area contributed by atoms with Crippen LogP contribution in [0.2, 0.25) is 0 Å². The molecule has 0 bridgehead atoms. The number of benzene rings is 2. The minimum atomic E-state index is -0.541. The van der Waals surface area contributed by atoms with Crippen LogP contribution in [0.1, 0.15) is 41.4 Å². The van der Waals surface area contributed by atoms with Crippen LogP contribution in [0.5, 0.6) is 5.88 Å². The van der Waals surface area contributed by atoms with Crippen molar-refractivity contribution in [2.24, 2.45) is 0 Å². The van der Waals surface area contributed by atoms with E-state index in [0.717, 1.165) is 0 Å². The lowest BCUT2D eigenvalue weighted by Gasteiger charge is -2.10. The zero-order valence-corrected chi connectivity index (χ0v) is 18.4. The predicted molar refractivity (Wildman–Crippen MR) is 120 cm³/mol. The first-order valence-electron chi connectivity index (χ1n) is 9.77. The van der Waals surface area contributed by atoms with Gasteiger partial charge in [-0.05, 0) is 48.5 Å². The highest BCUT2D eigenvalue weighted by molar-refractivity contribution is 6.05. The Balaban J connectivity index is 1.75. The zero-order chi connectivity index (χ0) is 24.7. The summed E-state index contributed by atoms with van der Waals surface area (Å²) in [7, 11) is 3.90. The van der Waals surface area contributed by atoms with Crippen molar-refractivity contribution in [1.82, 2.24) is 9.97 Å². The van der Waals surface area contributed by atoms with Gasteiger partial charge in [0.05, 0.1) is 32.5 Å². The number of methoxy groups -OCH3 is 3. The molecule has 2 aromatic carbocycles. The minimum absolute atomic E-state index is 0.0743. The van der Waals surface area contributed by atoms with Gasteiger partial charge >= 0.3 is 11.9 Å². The van der Waals surface area contributed by atoms with E-state index in [4.69, 9.17) is 4.74 Å². The van der Waals surface area contributed by atoms with Crippen LogP contribution in [0.4, 0.5) is 11.8 Å². The lowest BCUT2D eigenvalue weighted by Crippen LogP contribution is -2.17. The smallest absolute Gasteiger partial charge is 0.337 e. The first-order valence-corrected chi connectivity index (χ1v) is 9.77. The second-order valence-electron chi connectivity index (χ2n) is 6.67. The maximum absolute atomic E-state index is 12.6. The van der Waals surface area contributed by atoms with E-state index in [9.17, 15) is 19.2 Å². The Hall–Kier alpha value is -4.80. The number of hydrogen-bond acceptors (Lipinski definition) is 9. The molecule has 11 nitrogen and oxygen atoms in total. The number of rotatable bonds is 7. The van der Waals surface area contributed by atoms with Crippen LogP contribution >= 0.6 is 0 Å². The quantitative estimate of drug-likeness (QED) is 0.504. The number of anilines is 2. The molecule has 0 aliphatic heterocycles. The Bertz CT molecular complexity index is 1130. The topological polar surface area (TPSA) is 146 Å². The molecule has 174 valence electrons. The Morgan fingerprint density at radius 1 is 0.647 bits per heavy atom. The van der Waals surface area contributed by atoms with E-state index in [0.29, 0.717) is 11.1 Å². The number of nitrogens with zero attached hydrogens (tertiary/aromatic N) is 2. The van der Waals surface area contributed by atoms with Gasteiger partial charge in [-0.2, -0.15) is 9.97 Å². The molecular formula is C23H20N4O7. The van der Waals surface area contributed by atoms with E-state index in [1.54, 1.807) is 0 Å². The fourth-order valence-corrected chi connectivity index (χ4v) is 2.76. The summed E-state index contributed by atoms with van der Waals surface area (Å²) in [5.74, 6) is -2.03. The molecule has 0 saturated carbocycles. The Labute approximate surface area is 194 Å². The third-order valence-electron chi connectivity index (χ3n) is 4.52. The number of nitrogens with one attached hydrogen (secondary N) is 2. The first kappa shape index (κ1) is 23.9. The van der Waals surface area contributed by atoms with Crippen LogP contribution < -0.4 is 15.4 Å². The average Bonchev–Trinajstić information content (AvgIpc) is 2.87. The van der Waals surface area contributed by atoms with Gasteiger partial charge in [-0.1, -0.05) is 0 Å². The maximum atomic E-state index is 12.6. The molecule has 0 fully saturated rings. The third kappa shape index (κ3) is 5.71. The predicted octanol–water partition coefficient (Wildman–Crippen LogP) is 2.56. The van der Waals surface area contributed by atoms with Gasteiger partial charge in [0.2, 0.25) is 11.8 Å². The Morgan fingerprint density at radius 3 is 1.53 bits per heavy atom. The largest absolute Gasteiger partial charge is 0.481 e. The van der Waals surface area contributed by atoms with E-state index in [1.165, 1.54) is 75.9 Å². The standard InChI is InChI=1S/C23H20N4O7/c1-32-18-12-17(24-19(28)13-4-8-15(9-5-13)21(30)33-2)25-23(26-18)27-20(29)14-6-10-16(11-7-14)22(31)34-3/h4-12H,1-3H3,(H2,24,25,26,27,28,29). The molecule has 0 aliphatic carbocycles. The molecular weight excluding hydrogens is 444 g/mol. The van der Waals surface area contributed by atoms with Crippen molar-refractivity contribution in [3.63, 3.8) is 0 Å². The molecule has 1 aromatic heterocycles. The number of aromatic nitrogens is 2. The fourth-order valence-electron chi connectivity index (χ4n) is 2.76. The van der Waals surface area contributed by atoms with Crippen molar-refractivity contribution in [2.45, 2.75) is 0 Å². The molecule has 0 radical (unpaired) electrons. The van der Waals surface area contributed by atoms with Gasteiger partial charge in [-0.3, -0.25) is 14.9 Å². The molecule has 3 aromatic rings. The maximum Gasteiger partial charge on any atom is 0.337 e. The van der Waals surface area contributed by atoms with E-state index >= 15 is 0 Å². The van der Waals surface area contributed by atoms with Crippen LogP contribution in [-0.4, -0.2) is 55.1 Å². The minimum Gasteiger partial charge on any atom is -0.481 e. The monoisotopic (exact) mass is 464 g/mol. The Morgan fingerprint density at radius 2 is 1.09 bits per heavy atom. The Kier molecular flexibility index (Phi) is 7.49. The highest BCUT2D eigenvalue weighted by Gasteiger charge is 2.15. The van der Waals surface area contributed by atoms with Crippen molar-refractivity contribution in [1.29, 1.82) is 0 Å². The van der Waals surface area contributed by atoms with Crippen LogP contribution in [0.25, 0.3) is 0 Å². The van der Waals surface area contributed by atoms with Crippen LogP contribution in [0.15, 0.2) is 54.6 Å². The molecule has 0 aliphatic rings. The molecule has 2 amide bonds. The summed E-state index contributed by atoms with van der Waals surface area (Å²) in [5, 5.41) is 5.10. The number of esters is 2. The molecule has 1 heterocycles. The second-order valence-corrected chi connectivity index (χ2v) is 6.67. The summed E-state index contributed by atoms with van der Waals surface area (Å²) in [5.41, 5.74) is 1.10. The van der Waals surface area contributed by atoms with Gasteiger partial charge in [0.1, 0.15) is 5.82 Å². The molecule has 0 atom stereocenters. The van der Waals surface area contributed by atoms with Crippen LogP contribution in [0.3, 0.4) is 0 Å². The number of carbonyl (C=O) groups excluding carboxylic acids is 4. The fraction of sp³-hybridized carbons (Fsp3) is 0.130. The average molecular weight is 464 g/mol. The SMILES string of the molecule is COC(=O)c1ccc(C(=O)Nc2cc(OC)nc(NC(=O)c3ccc(C(=O)OC)cc3)n2)cc1. The van der Waals surface area contributed by atoms with Crippen molar-refractivity contribution in [3.05, 3.63) is 76.9 Å². The highest BCUT2D eigenvalue weighted by Crippen LogP contribution is 2.18. The zero-order valence-electron chi connectivity index (χ0n) is 18.4. The molecule has 2 N–H and O–H groups in total. The molecule has 0 saturated heterocycles. The van der Waals surface area contributed by atoms with Gasteiger partial charge in [-0.15, -0.1) is 0 Å². The molecule has 11 heteroatoms. The lowest BCUT2D eigenvalue weighted by molar-refractivity contribution is 0.0592. The summed E-state index contributed by atoms with van der Waals surface area (Å²) >= 11 is 0. The van der Waals surface area contributed by atoms with Gasteiger partial charge in [0.25, 0.3) is 11.8 Å². The van der Waals surface area contributed by atoms with E-state index in [1.807, 2.05) is 0 Å². The van der Waals surface area contributed by atoms with E-state index in [2.05, 4.69) is 30.1 Å². The van der Waals surface area contributed by atoms with Gasteiger partial charge < -0.3 is 19.5 Å². The summed E-state index contributed by atoms with van der Waals surface area (Å²) < 4.78 is 14.4. The molecule has 0 unspecified atom stereocenters. The van der Waals surface area contributed by atoms with E-state index in [-0.39, 0.29) is 28.8 Å². The van der Waals surface area contributed by atoms with Crippen molar-refractivity contribution < 1.29 is 33.4 Å². The van der Waals surface area contributed by atoms with Crippen LogP contribution in [-0.2, 0) is 9.47 Å². The summed E-state index contributed by atoms with van der Waals surface area (Å²) in [6.07, 6.45) is 0. The van der Waals surface area contributed by atoms with Crippen molar-refractivity contribution in [2.75, 3.05) is 32.0 Å². The van der Waals surface area contributed by atoms with Gasteiger partial charge in [0, 0.05) is 17.2 Å². The summed E-state index contributed by atoms with van der Waals surface area (Å²) in [4.78, 5) is 56.4. The number of hydrogen-bond donors (Lipinski definition) is 2. The lowest BCUT2D eigenvalue weighted by atomic mass is 10.1. The molecule has 3 rings (SSSR count). The van der Waals surface area contributed by atoms with Gasteiger partial charge in [0.15, 0.2) is 0 Å². The number of amides is 2. The van der Waals surface area contributed by atoms with Crippen molar-refractivity contribution >= 4 is 35.5 Å². The summed E-state index contributed by atoms with van der Waals surface area (Å²) in [6, 6.07) is 13.0. The normalized spacial score (nSPS) is 10.1. The highest BCUT2D eigenvalue weighted by atomic mass is 16.5. The number of carbonyl (C=O) groups is 4. The molecule has 0 spiro atoms. The van der Waals surface area contributed by atoms with Crippen molar-refractivity contribution in [3.8, 4) is 5.88 Å². The molecule has 34 heavy (non-hydrogen) atoms. The first-order chi connectivity index (χ1) is 16.3. The summed E-state index contributed by atoms with van der Waals surface area (Å²) in [6.45, 7) is 0. The third-order valence-corrected chi connectivity index (χ3v) is 4.52.